The molecule has 2 N–H and O–H groups in total. The number of benzene rings is 1. The summed E-state index contributed by atoms with van der Waals surface area (Å²) in [6.45, 7) is 5.56. The predicted molar refractivity (Wildman–Crippen MR) is 140 cm³/mol. The number of aryl methyl sites for hydroxylation is 1. The van der Waals surface area contributed by atoms with Crippen LogP contribution in [0, 0.1) is 12.7 Å². The molecule has 0 spiro atoms. The van der Waals surface area contributed by atoms with Gasteiger partial charge in [0, 0.05) is 25.0 Å². The fourth-order valence-electron chi connectivity index (χ4n) is 5.30. The number of piperidine rings is 1. The summed E-state index contributed by atoms with van der Waals surface area (Å²) in [7, 11) is 2.13. The van der Waals surface area contributed by atoms with Crippen molar-refractivity contribution in [3.8, 4) is 11.6 Å². The quantitative estimate of drug-likeness (QED) is 0.411. The highest BCUT2D eigenvalue weighted by atomic mass is 19.1. The lowest BCUT2D eigenvalue weighted by molar-refractivity contribution is 0.0553. The number of aliphatic hydroxyl groups is 1. The molecule has 0 radical (unpaired) electrons. The zero-order valence-electron chi connectivity index (χ0n) is 21.3. The molecule has 0 amide bonds. The second-order valence-electron chi connectivity index (χ2n) is 10.4. The number of rotatable bonds is 5. The predicted octanol–water partition coefficient (Wildman–Crippen LogP) is 4.63. The summed E-state index contributed by atoms with van der Waals surface area (Å²) in [5.41, 5.74) is 2.27. The van der Waals surface area contributed by atoms with E-state index < -0.39 is 5.60 Å². The maximum Gasteiger partial charge on any atom is 0.229 e. The zero-order chi connectivity index (χ0) is 25.7. The summed E-state index contributed by atoms with van der Waals surface area (Å²) in [5.74, 6) is 1.32. The number of likely N-dealkylation sites (tertiary alicyclic amines) is 1. The molecule has 1 fully saturated rings. The molecule has 0 saturated carbocycles. The van der Waals surface area contributed by atoms with Gasteiger partial charge in [0.2, 0.25) is 5.95 Å². The van der Waals surface area contributed by atoms with Crippen molar-refractivity contribution in [3.63, 3.8) is 0 Å². The van der Waals surface area contributed by atoms with E-state index in [0.717, 1.165) is 49.4 Å². The molecule has 8 nitrogen and oxygen atoms in total. The van der Waals surface area contributed by atoms with E-state index in [-0.39, 0.29) is 11.9 Å². The lowest BCUT2D eigenvalue weighted by Crippen LogP contribution is -2.35. The first-order chi connectivity index (χ1) is 17.8. The first-order valence-electron chi connectivity index (χ1n) is 12.8. The molecular formula is C28H31FN6O2. The monoisotopic (exact) mass is 502 g/mol. The largest absolute Gasteiger partial charge is 0.490 e. The van der Waals surface area contributed by atoms with Crippen LogP contribution in [0.3, 0.4) is 0 Å². The molecule has 2 aliphatic rings. The molecule has 1 aliphatic heterocycles. The molecule has 0 unspecified atom stereocenters. The van der Waals surface area contributed by atoms with E-state index in [4.69, 9.17) is 9.72 Å². The van der Waals surface area contributed by atoms with Gasteiger partial charge >= 0.3 is 0 Å². The third-order valence-electron chi connectivity index (χ3n) is 7.53. The summed E-state index contributed by atoms with van der Waals surface area (Å²) >= 11 is 0. The van der Waals surface area contributed by atoms with Crippen LogP contribution in [0.4, 0.5) is 16.0 Å². The highest BCUT2D eigenvalue weighted by molar-refractivity contribution is 5.81. The molecule has 9 heteroatoms. The van der Waals surface area contributed by atoms with Gasteiger partial charge in [0.15, 0.2) is 11.5 Å². The Labute approximate surface area is 215 Å². The number of pyridine rings is 1. The van der Waals surface area contributed by atoms with Crippen molar-refractivity contribution in [2.24, 2.45) is 0 Å². The fourth-order valence-corrected chi connectivity index (χ4v) is 5.30. The summed E-state index contributed by atoms with van der Waals surface area (Å²) in [4.78, 5) is 16.0. The summed E-state index contributed by atoms with van der Waals surface area (Å²) in [6.07, 6.45) is 5.17. The first kappa shape index (κ1) is 23.8. The molecule has 1 saturated heterocycles. The number of anilines is 2. The third kappa shape index (κ3) is 4.42. The number of fused-ring (bicyclic) bond motifs is 2. The van der Waals surface area contributed by atoms with E-state index in [1.165, 1.54) is 6.20 Å². The maximum atomic E-state index is 15.1. The second kappa shape index (κ2) is 9.08. The molecule has 0 bridgehead atoms. The van der Waals surface area contributed by atoms with Crippen molar-refractivity contribution >= 4 is 22.7 Å². The standard InChI is InChI=1S/C28H31FN6O2/c1-17-24(29)22-16-30-27(31-19-5-7-20(8-6-19)37-21-11-14-34(3)15-12-21)33-26(22)35(17)23-9-4-18-10-13-28(2,36)25(18)32-23/h4-9,16,21,36H,10-15H2,1-3H3,(H,30,31,33)/t28-/m1/s1. The van der Waals surface area contributed by atoms with Gasteiger partial charge in [-0.2, -0.15) is 4.98 Å². The summed E-state index contributed by atoms with van der Waals surface area (Å²) in [5, 5.41) is 14.3. The Morgan fingerprint density at radius 3 is 2.62 bits per heavy atom. The Bertz CT molecular complexity index is 1460. The molecule has 1 aliphatic carbocycles. The number of aromatic nitrogens is 4. The highest BCUT2D eigenvalue weighted by Crippen LogP contribution is 2.36. The van der Waals surface area contributed by atoms with Crippen molar-refractivity contribution in [1.82, 2.24) is 24.4 Å². The number of nitrogens with zero attached hydrogens (tertiary/aromatic N) is 5. The van der Waals surface area contributed by atoms with E-state index in [2.05, 4.69) is 27.2 Å². The van der Waals surface area contributed by atoms with Crippen LogP contribution in [0.25, 0.3) is 16.9 Å². The topological polar surface area (TPSA) is 88.3 Å². The van der Waals surface area contributed by atoms with Crippen LogP contribution >= 0.6 is 0 Å². The van der Waals surface area contributed by atoms with Gasteiger partial charge < -0.3 is 20.1 Å². The van der Waals surface area contributed by atoms with Crippen molar-refractivity contribution < 1.29 is 14.2 Å². The van der Waals surface area contributed by atoms with Crippen LogP contribution in [0.1, 0.15) is 43.1 Å². The van der Waals surface area contributed by atoms with Crippen LogP contribution in [0.2, 0.25) is 0 Å². The molecule has 1 aromatic carbocycles. The van der Waals surface area contributed by atoms with E-state index >= 15 is 4.39 Å². The minimum Gasteiger partial charge on any atom is -0.490 e. The molecule has 4 heterocycles. The summed E-state index contributed by atoms with van der Waals surface area (Å²) < 4.78 is 23.0. The molecular weight excluding hydrogens is 471 g/mol. The summed E-state index contributed by atoms with van der Waals surface area (Å²) in [6, 6.07) is 11.5. The number of ether oxygens (including phenoxy) is 1. The Balaban J connectivity index is 1.27. The van der Waals surface area contributed by atoms with Gasteiger partial charge in [-0.25, -0.2) is 14.4 Å². The lowest BCUT2D eigenvalue weighted by Gasteiger charge is -2.29. The van der Waals surface area contributed by atoms with E-state index in [0.29, 0.717) is 40.6 Å². The number of halogens is 1. The van der Waals surface area contributed by atoms with Crippen LogP contribution in [-0.2, 0) is 12.0 Å². The number of hydrogen-bond acceptors (Lipinski definition) is 7. The van der Waals surface area contributed by atoms with Crippen LogP contribution in [0.15, 0.2) is 42.6 Å². The van der Waals surface area contributed by atoms with Crippen molar-refractivity contribution in [3.05, 3.63) is 65.4 Å². The highest BCUT2D eigenvalue weighted by Gasteiger charge is 2.34. The Hall–Kier alpha value is -3.56. The third-order valence-corrected chi connectivity index (χ3v) is 7.53. The average Bonchev–Trinajstić information content (AvgIpc) is 3.33. The van der Waals surface area contributed by atoms with Crippen molar-refractivity contribution in [1.29, 1.82) is 0 Å². The fraction of sp³-hybridized carbons (Fsp3) is 0.393. The van der Waals surface area contributed by atoms with Crippen LogP contribution < -0.4 is 10.1 Å². The minimum absolute atomic E-state index is 0.239. The van der Waals surface area contributed by atoms with Gasteiger partial charge in [-0.1, -0.05) is 6.07 Å². The molecule has 1 atom stereocenters. The molecule has 6 rings (SSSR count). The molecule has 3 aromatic heterocycles. The van der Waals surface area contributed by atoms with Crippen LogP contribution in [-0.4, -0.2) is 55.8 Å². The Kier molecular flexibility index (Phi) is 5.84. The van der Waals surface area contributed by atoms with E-state index in [1.54, 1.807) is 18.4 Å². The molecule has 4 aromatic rings. The van der Waals surface area contributed by atoms with E-state index in [9.17, 15) is 5.11 Å². The Morgan fingerprint density at radius 1 is 1.11 bits per heavy atom. The maximum absolute atomic E-state index is 15.1. The zero-order valence-corrected chi connectivity index (χ0v) is 21.3. The average molecular weight is 503 g/mol. The van der Waals surface area contributed by atoms with Gasteiger partial charge in [-0.05, 0) is 82.5 Å². The van der Waals surface area contributed by atoms with Gasteiger partial charge in [-0.3, -0.25) is 4.57 Å². The normalized spacial score (nSPS) is 20.4. The first-order valence-corrected chi connectivity index (χ1v) is 12.8. The van der Waals surface area contributed by atoms with Crippen molar-refractivity contribution in [2.75, 3.05) is 25.5 Å². The van der Waals surface area contributed by atoms with Crippen molar-refractivity contribution in [2.45, 2.75) is 51.2 Å². The van der Waals surface area contributed by atoms with Gasteiger partial charge in [-0.15, -0.1) is 0 Å². The van der Waals surface area contributed by atoms with E-state index in [1.807, 2.05) is 36.4 Å². The smallest absolute Gasteiger partial charge is 0.229 e. The van der Waals surface area contributed by atoms with Gasteiger partial charge in [0.25, 0.3) is 0 Å². The molecule has 192 valence electrons. The minimum atomic E-state index is -0.994. The number of hydrogen-bond donors (Lipinski definition) is 2. The van der Waals surface area contributed by atoms with Crippen LogP contribution in [0.5, 0.6) is 5.75 Å². The second-order valence-corrected chi connectivity index (χ2v) is 10.4. The number of nitrogens with one attached hydrogen (secondary N) is 1. The van der Waals surface area contributed by atoms with Gasteiger partial charge in [0.05, 0.1) is 16.8 Å². The SMILES string of the molecule is Cc1c(F)c2cnc(Nc3ccc(OC4CCN(C)CC4)cc3)nc2n1-c1ccc2c(n1)[C@](C)(O)CC2. The van der Waals surface area contributed by atoms with Gasteiger partial charge in [0.1, 0.15) is 23.3 Å². The Morgan fingerprint density at radius 2 is 1.86 bits per heavy atom. The lowest BCUT2D eigenvalue weighted by atomic mass is 10.0. The molecule has 37 heavy (non-hydrogen) atoms.